The lowest BCUT2D eigenvalue weighted by molar-refractivity contribution is -0.122. The van der Waals surface area contributed by atoms with Gasteiger partial charge in [0.05, 0.1) is 23.9 Å². The van der Waals surface area contributed by atoms with Gasteiger partial charge < -0.3 is 10.0 Å². The second-order valence-corrected chi connectivity index (χ2v) is 9.05. The summed E-state index contributed by atoms with van der Waals surface area (Å²) in [7, 11) is 0. The number of fused-ring (bicyclic) bond motifs is 1. The highest BCUT2D eigenvalue weighted by Gasteiger charge is 2.27. The lowest BCUT2D eigenvalue weighted by Crippen LogP contribution is -2.39. The highest BCUT2D eigenvalue weighted by molar-refractivity contribution is 5.97. The van der Waals surface area contributed by atoms with Gasteiger partial charge in [0, 0.05) is 43.1 Å². The van der Waals surface area contributed by atoms with Gasteiger partial charge in [-0.15, -0.1) is 0 Å². The molecule has 32 heavy (non-hydrogen) atoms. The van der Waals surface area contributed by atoms with Gasteiger partial charge in [-0.05, 0) is 32.3 Å². The average molecular weight is 435 g/mol. The molecule has 0 spiro atoms. The van der Waals surface area contributed by atoms with Crippen molar-refractivity contribution in [3.63, 3.8) is 0 Å². The molecule has 1 atom stereocenters. The molecule has 4 rings (SSSR count). The van der Waals surface area contributed by atoms with Crippen molar-refractivity contribution in [2.75, 3.05) is 18.0 Å². The summed E-state index contributed by atoms with van der Waals surface area (Å²) in [6.45, 7) is 6.86. The number of Topliss-reactive ketones (excluding diaryl/α,β-unsaturated/α-hetero) is 2. The number of carbonyl (C=O) groups excluding carboxylic acids is 2. The number of aromatic nitrogens is 3. The lowest BCUT2D eigenvalue weighted by Gasteiger charge is -2.33. The van der Waals surface area contributed by atoms with Crippen LogP contribution in [0.3, 0.4) is 0 Å². The molecule has 1 aliphatic heterocycles. The lowest BCUT2D eigenvalue weighted by atomic mass is 9.92. The summed E-state index contributed by atoms with van der Waals surface area (Å²) in [6, 6.07) is 10.8. The van der Waals surface area contributed by atoms with E-state index >= 15 is 0 Å². The Morgan fingerprint density at radius 1 is 1.19 bits per heavy atom. The maximum atomic E-state index is 12.9. The number of benzene rings is 1. The molecule has 0 amide bonds. The number of hydrogen-bond acceptors (Lipinski definition) is 6. The Labute approximate surface area is 188 Å². The summed E-state index contributed by atoms with van der Waals surface area (Å²) >= 11 is 0. The van der Waals surface area contributed by atoms with Crippen molar-refractivity contribution in [1.29, 1.82) is 0 Å². The van der Waals surface area contributed by atoms with E-state index in [0.29, 0.717) is 35.7 Å². The average Bonchev–Trinajstić information content (AvgIpc) is 3.26. The van der Waals surface area contributed by atoms with Gasteiger partial charge in [-0.25, -0.2) is 4.98 Å². The third-order valence-electron chi connectivity index (χ3n) is 6.20. The van der Waals surface area contributed by atoms with E-state index in [0.717, 1.165) is 30.8 Å². The summed E-state index contributed by atoms with van der Waals surface area (Å²) in [4.78, 5) is 32.0. The molecule has 0 aliphatic carbocycles. The fourth-order valence-corrected chi connectivity index (χ4v) is 4.33. The molecule has 1 fully saturated rings. The van der Waals surface area contributed by atoms with Crippen molar-refractivity contribution in [1.82, 2.24) is 14.6 Å². The quantitative estimate of drug-likeness (QED) is 0.572. The Morgan fingerprint density at radius 3 is 2.62 bits per heavy atom. The van der Waals surface area contributed by atoms with Gasteiger partial charge >= 0.3 is 0 Å². The van der Waals surface area contributed by atoms with Crippen molar-refractivity contribution in [2.24, 2.45) is 5.92 Å². The second-order valence-electron chi connectivity index (χ2n) is 9.05. The molecule has 7 heteroatoms. The minimum atomic E-state index is -0.948. The van der Waals surface area contributed by atoms with Crippen molar-refractivity contribution >= 4 is 23.0 Å². The molecule has 1 N–H and O–H groups in total. The maximum Gasteiger partial charge on any atom is 0.168 e. The van der Waals surface area contributed by atoms with E-state index in [1.54, 1.807) is 48.8 Å². The van der Waals surface area contributed by atoms with Crippen LogP contribution < -0.4 is 4.90 Å². The molecule has 3 heterocycles. The number of nitrogens with zero attached hydrogens (tertiary/aromatic N) is 4. The van der Waals surface area contributed by atoms with E-state index in [4.69, 9.17) is 0 Å². The predicted molar refractivity (Wildman–Crippen MR) is 123 cm³/mol. The minimum absolute atomic E-state index is 0.0342. The third-order valence-corrected chi connectivity index (χ3v) is 6.20. The number of rotatable bonds is 7. The topological polar surface area (TPSA) is 87.8 Å². The standard InChI is InChI=1S/C25H30N4O3/c1-4-21(30)18-6-5-13-28(16-18)24-15-20(27-23-11-12-26-29(23)24)14-22(31)17-7-9-19(10-8-17)25(2,3)32/h7-12,15,18,32H,4-6,13-14,16H2,1-3H3/t18-/m0/s1. The maximum absolute atomic E-state index is 12.9. The second kappa shape index (κ2) is 8.82. The molecule has 1 aliphatic rings. The highest BCUT2D eigenvalue weighted by atomic mass is 16.3. The molecule has 3 aromatic rings. The molecule has 0 saturated carbocycles. The SMILES string of the molecule is CCC(=O)[C@H]1CCCN(c2cc(CC(=O)c3ccc(C(C)(C)O)cc3)nc3ccnn23)C1. The van der Waals surface area contributed by atoms with E-state index < -0.39 is 5.60 Å². The van der Waals surface area contributed by atoms with Gasteiger partial charge in [0.25, 0.3) is 0 Å². The molecule has 0 radical (unpaired) electrons. The molecule has 0 bridgehead atoms. The van der Waals surface area contributed by atoms with Crippen LogP contribution in [0.15, 0.2) is 42.6 Å². The van der Waals surface area contributed by atoms with Crippen molar-refractivity contribution in [3.8, 4) is 0 Å². The Balaban J connectivity index is 1.59. The van der Waals surface area contributed by atoms with E-state index in [9.17, 15) is 14.7 Å². The van der Waals surface area contributed by atoms with Crippen molar-refractivity contribution in [3.05, 3.63) is 59.4 Å². The molecule has 7 nitrogen and oxygen atoms in total. The van der Waals surface area contributed by atoms with E-state index in [1.807, 2.05) is 19.1 Å². The first-order valence-corrected chi connectivity index (χ1v) is 11.2. The zero-order chi connectivity index (χ0) is 22.9. The molecule has 168 valence electrons. The van der Waals surface area contributed by atoms with Crippen LogP contribution >= 0.6 is 0 Å². The van der Waals surface area contributed by atoms with Gasteiger partial charge in [0.1, 0.15) is 11.6 Å². The summed E-state index contributed by atoms with van der Waals surface area (Å²) in [5, 5.41) is 14.5. The van der Waals surface area contributed by atoms with Gasteiger partial charge in [0.2, 0.25) is 0 Å². The Bertz CT molecular complexity index is 1130. The predicted octanol–water partition coefficient (Wildman–Crippen LogP) is 3.58. The first-order chi connectivity index (χ1) is 15.3. The highest BCUT2D eigenvalue weighted by Crippen LogP contribution is 2.26. The van der Waals surface area contributed by atoms with Gasteiger partial charge in [0.15, 0.2) is 11.4 Å². The normalized spacial score (nSPS) is 17.0. The number of aliphatic hydroxyl groups is 1. The van der Waals surface area contributed by atoms with Gasteiger partial charge in [-0.3, -0.25) is 9.59 Å². The smallest absolute Gasteiger partial charge is 0.168 e. The Hall–Kier alpha value is -3.06. The summed E-state index contributed by atoms with van der Waals surface area (Å²) in [6.07, 6.45) is 4.29. The number of ketones is 2. The minimum Gasteiger partial charge on any atom is -0.386 e. The number of piperidine rings is 1. The van der Waals surface area contributed by atoms with Crippen LogP contribution in [0.5, 0.6) is 0 Å². The van der Waals surface area contributed by atoms with Crippen LogP contribution in [-0.2, 0) is 16.8 Å². The summed E-state index contributed by atoms with van der Waals surface area (Å²) in [5.41, 5.74) is 1.76. The van der Waals surface area contributed by atoms with Crippen LogP contribution in [-0.4, -0.2) is 44.4 Å². The number of hydrogen-bond donors (Lipinski definition) is 1. The Morgan fingerprint density at radius 2 is 1.94 bits per heavy atom. The zero-order valence-corrected chi connectivity index (χ0v) is 18.9. The van der Waals surface area contributed by atoms with E-state index in [-0.39, 0.29) is 18.1 Å². The van der Waals surface area contributed by atoms with Crippen LogP contribution in [0.25, 0.3) is 5.65 Å². The first-order valence-electron chi connectivity index (χ1n) is 11.2. The van der Waals surface area contributed by atoms with E-state index in [2.05, 4.69) is 15.0 Å². The number of anilines is 1. The third kappa shape index (κ3) is 4.58. The molecule has 0 unspecified atom stereocenters. The summed E-state index contributed by atoms with van der Waals surface area (Å²) < 4.78 is 1.78. The van der Waals surface area contributed by atoms with Crippen LogP contribution in [0.2, 0.25) is 0 Å². The molecular weight excluding hydrogens is 404 g/mol. The largest absolute Gasteiger partial charge is 0.386 e. The summed E-state index contributed by atoms with van der Waals surface area (Å²) in [5.74, 6) is 1.17. The molecule has 1 aromatic carbocycles. The molecule has 2 aromatic heterocycles. The van der Waals surface area contributed by atoms with E-state index in [1.165, 1.54) is 0 Å². The van der Waals surface area contributed by atoms with Gasteiger partial charge in [-0.1, -0.05) is 31.2 Å². The van der Waals surface area contributed by atoms with Crippen LogP contribution in [0.1, 0.15) is 61.6 Å². The van der Waals surface area contributed by atoms with Crippen molar-refractivity contribution in [2.45, 2.75) is 52.1 Å². The first kappa shape index (κ1) is 22.1. The monoisotopic (exact) mass is 434 g/mol. The Kier molecular flexibility index (Phi) is 6.11. The van der Waals surface area contributed by atoms with Crippen molar-refractivity contribution < 1.29 is 14.7 Å². The van der Waals surface area contributed by atoms with Crippen LogP contribution in [0.4, 0.5) is 5.82 Å². The fourth-order valence-electron chi connectivity index (χ4n) is 4.33. The number of carbonyl (C=O) groups is 2. The zero-order valence-electron chi connectivity index (χ0n) is 18.9. The molecular formula is C25H30N4O3. The fraction of sp³-hybridized carbons (Fsp3) is 0.440. The molecule has 1 saturated heterocycles. The van der Waals surface area contributed by atoms with Gasteiger partial charge in [-0.2, -0.15) is 9.61 Å². The van der Waals surface area contributed by atoms with Crippen LogP contribution in [0, 0.1) is 5.92 Å².